The average Bonchev–Trinajstić information content (AvgIpc) is 3.14. The molecule has 2 heterocycles. The maximum atomic E-state index is 12.3. The lowest BCUT2D eigenvalue weighted by Gasteiger charge is -2.21. The number of benzene rings is 1. The molecule has 1 aliphatic carbocycles. The second-order valence-corrected chi connectivity index (χ2v) is 5.21. The number of fused-ring (bicyclic) bond motifs is 1. The summed E-state index contributed by atoms with van der Waals surface area (Å²) < 4.78 is 6.04. The van der Waals surface area contributed by atoms with Gasteiger partial charge in [0, 0.05) is 6.42 Å². The van der Waals surface area contributed by atoms with Crippen LogP contribution in [0.4, 0.5) is 5.82 Å². The van der Waals surface area contributed by atoms with Gasteiger partial charge in [-0.05, 0) is 28.2 Å². The molecule has 1 aromatic carbocycles. The third-order valence-electron chi connectivity index (χ3n) is 3.87. The first-order chi connectivity index (χ1) is 10.7. The summed E-state index contributed by atoms with van der Waals surface area (Å²) in [6.07, 6.45) is 1.05. The Kier molecular flexibility index (Phi) is 2.75. The Morgan fingerprint density at radius 2 is 2.00 bits per heavy atom. The van der Waals surface area contributed by atoms with Gasteiger partial charge in [-0.25, -0.2) is 4.63 Å². The molecule has 4 rings (SSSR count). The number of rotatable bonds is 2. The topological polar surface area (TPSA) is 113 Å². The maximum Gasteiger partial charge on any atom is 0.243 e. The van der Waals surface area contributed by atoms with E-state index in [1.54, 1.807) is 0 Å². The number of carbonyl (C=O) groups excluding carboxylic acids is 1. The number of Topliss-reactive ketones (excluding diaryl/α,β-unsaturated/α-hetero) is 1. The fourth-order valence-corrected chi connectivity index (χ4v) is 2.80. The van der Waals surface area contributed by atoms with Crippen molar-refractivity contribution in [3.63, 3.8) is 0 Å². The maximum absolute atomic E-state index is 12.3. The first kappa shape index (κ1) is 12.7. The molecule has 0 radical (unpaired) electrons. The van der Waals surface area contributed by atoms with Gasteiger partial charge in [-0.15, -0.1) is 5.10 Å². The van der Waals surface area contributed by atoms with Gasteiger partial charge in [0.25, 0.3) is 0 Å². The lowest BCUT2D eigenvalue weighted by atomic mass is 9.84. The molecule has 0 spiro atoms. The molecular weight excluding hydrogens is 284 g/mol. The summed E-state index contributed by atoms with van der Waals surface area (Å²) in [6.45, 7) is 0. The highest BCUT2D eigenvalue weighted by Crippen LogP contribution is 2.32. The molecule has 8 heteroatoms. The molecule has 22 heavy (non-hydrogen) atoms. The number of hydrogen-bond donors (Lipinski definition) is 1. The van der Waals surface area contributed by atoms with E-state index in [0.29, 0.717) is 24.2 Å². The second-order valence-electron chi connectivity index (χ2n) is 5.21. The van der Waals surface area contributed by atoms with Crippen molar-refractivity contribution < 1.29 is 9.42 Å². The smallest absolute Gasteiger partial charge is 0.243 e. The van der Waals surface area contributed by atoms with E-state index in [1.807, 2.05) is 30.3 Å². The molecule has 2 aromatic heterocycles. The highest BCUT2D eigenvalue weighted by molar-refractivity contribution is 5.97. The van der Waals surface area contributed by atoms with E-state index in [-0.39, 0.29) is 23.3 Å². The van der Waals surface area contributed by atoms with Crippen LogP contribution in [0.1, 0.15) is 34.1 Å². The molecule has 1 aliphatic rings. The molecule has 0 amide bonds. The monoisotopic (exact) mass is 296 g/mol. The van der Waals surface area contributed by atoms with Gasteiger partial charge in [0.2, 0.25) is 11.6 Å². The fourth-order valence-electron chi connectivity index (χ4n) is 2.80. The number of anilines is 1. The molecule has 0 saturated carbocycles. The van der Waals surface area contributed by atoms with Crippen LogP contribution >= 0.6 is 0 Å². The van der Waals surface area contributed by atoms with E-state index >= 15 is 0 Å². The van der Waals surface area contributed by atoms with Gasteiger partial charge < -0.3 is 5.73 Å². The van der Waals surface area contributed by atoms with Gasteiger partial charge in [0.1, 0.15) is 0 Å². The Balaban J connectivity index is 1.78. The highest BCUT2D eigenvalue weighted by atomic mass is 16.6. The van der Waals surface area contributed by atoms with Crippen molar-refractivity contribution in [1.82, 2.24) is 25.3 Å². The van der Waals surface area contributed by atoms with Crippen LogP contribution in [-0.4, -0.2) is 31.1 Å². The van der Waals surface area contributed by atoms with Crippen molar-refractivity contribution in [2.24, 2.45) is 0 Å². The summed E-state index contributed by atoms with van der Waals surface area (Å²) >= 11 is 0. The Morgan fingerprint density at radius 3 is 2.73 bits per heavy atom. The number of nitrogen functional groups attached to an aromatic ring is 1. The fraction of sp³-hybridized carbons (Fsp3) is 0.214. The summed E-state index contributed by atoms with van der Waals surface area (Å²) in [5.74, 6) is 0.424. The van der Waals surface area contributed by atoms with Crippen LogP contribution in [0.3, 0.4) is 0 Å². The lowest BCUT2D eigenvalue weighted by Crippen LogP contribution is -2.21. The molecule has 0 aliphatic heterocycles. The summed E-state index contributed by atoms with van der Waals surface area (Å²) in [4.78, 5) is 12.3. The number of nitrogens with two attached hydrogens (primary N) is 1. The van der Waals surface area contributed by atoms with Crippen LogP contribution in [0.2, 0.25) is 0 Å². The molecule has 3 aromatic rings. The summed E-state index contributed by atoms with van der Waals surface area (Å²) in [6, 6.07) is 9.91. The molecule has 0 bridgehead atoms. The van der Waals surface area contributed by atoms with Crippen LogP contribution in [0.25, 0.3) is 5.82 Å². The minimum Gasteiger partial charge on any atom is -0.378 e. The quantitative estimate of drug-likeness (QED) is 0.754. The van der Waals surface area contributed by atoms with E-state index in [2.05, 4.69) is 25.3 Å². The van der Waals surface area contributed by atoms with Gasteiger partial charge >= 0.3 is 0 Å². The van der Waals surface area contributed by atoms with Gasteiger partial charge in [-0.3, -0.25) is 4.79 Å². The summed E-state index contributed by atoms with van der Waals surface area (Å²) in [5, 5.41) is 15.2. The van der Waals surface area contributed by atoms with E-state index in [4.69, 9.17) is 5.73 Å². The lowest BCUT2D eigenvalue weighted by molar-refractivity contribution is 0.0958. The first-order valence-corrected chi connectivity index (χ1v) is 6.85. The molecule has 1 unspecified atom stereocenters. The molecular formula is C14H12N6O2. The number of ketones is 1. The minimum atomic E-state index is -0.0311. The zero-order chi connectivity index (χ0) is 15.1. The molecule has 110 valence electrons. The normalized spacial score (nSPS) is 17.5. The Morgan fingerprint density at radius 1 is 1.18 bits per heavy atom. The zero-order valence-corrected chi connectivity index (χ0v) is 11.5. The minimum absolute atomic E-state index is 0.0311. The van der Waals surface area contributed by atoms with E-state index in [0.717, 1.165) is 5.56 Å². The Bertz CT molecular complexity index is 838. The number of aromatic nitrogens is 5. The molecule has 1 atom stereocenters. The highest BCUT2D eigenvalue weighted by Gasteiger charge is 2.32. The third kappa shape index (κ3) is 1.88. The van der Waals surface area contributed by atoms with E-state index < -0.39 is 0 Å². The van der Waals surface area contributed by atoms with Gasteiger partial charge in [0.15, 0.2) is 11.5 Å². The third-order valence-corrected chi connectivity index (χ3v) is 3.87. The van der Waals surface area contributed by atoms with Crippen LogP contribution in [0.15, 0.2) is 35.0 Å². The predicted molar refractivity (Wildman–Crippen MR) is 75.5 cm³/mol. The standard InChI is InChI=1S/C14H12N6O2/c15-13-14(18-22-17-13)20-10-6-9(8-4-2-1-3-5-8)7-11(21)12(10)16-19-20/h1-5,9H,6-7H2,(H2,15,17). The van der Waals surface area contributed by atoms with Crippen molar-refractivity contribution in [1.29, 1.82) is 0 Å². The van der Waals surface area contributed by atoms with Gasteiger partial charge in [-0.1, -0.05) is 35.5 Å². The van der Waals surface area contributed by atoms with Gasteiger partial charge in [0.05, 0.1) is 5.69 Å². The predicted octanol–water partition coefficient (Wildman–Crippen LogP) is 1.15. The molecule has 0 saturated heterocycles. The number of hydrogen-bond acceptors (Lipinski definition) is 7. The van der Waals surface area contributed by atoms with E-state index in [9.17, 15) is 4.79 Å². The van der Waals surface area contributed by atoms with Crippen molar-refractivity contribution in [3.05, 3.63) is 47.3 Å². The average molecular weight is 296 g/mol. The van der Waals surface area contributed by atoms with Crippen LogP contribution in [0, 0.1) is 0 Å². The SMILES string of the molecule is Nc1nonc1-n1nnc2c1CC(c1ccccc1)CC2=O. The Hall–Kier alpha value is -3.03. The van der Waals surface area contributed by atoms with Crippen LogP contribution in [-0.2, 0) is 6.42 Å². The summed E-state index contributed by atoms with van der Waals surface area (Å²) in [5.41, 5.74) is 7.87. The van der Waals surface area contributed by atoms with Crippen molar-refractivity contribution in [2.45, 2.75) is 18.8 Å². The largest absolute Gasteiger partial charge is 0.378 e. The number of nitrogens with zero attached hydrogens (tertiary/aromatic N) is 5. The van der Waals surface area contributed by atoms with Crippen LogP contribution < -0.4 is 5.73 Å². The molecule has 0 fully saturated rings. The molecule has 8 nitrogen and oxygen atoms in total. The zero-order valence-electron chi connectivity index (χ0n) is 11.5. The second kappa shape index (κ2) is 4.76. The van der Waals surface area contributed by atoms with Crippen molar-refractivity contribution >= 4 is 11.6 Å². The number of carbonyl (C=O) groups is 1. The van der Waals surface area contributed by atoms with Crippen LogP contribution in [0.5, 0.6) is 0 Å². The van der Waals surface area contributed by atoms with Crippen molar-refractivity contribution in [2.75, 3.05) is 5.73 Å². The summed E-state index contributed by atoms with van der Waals surface area (Å²) in [7, 11) is 0. The van der Waals surface area contributed by atoms with Gasteiger partial charge in [-0.2, -0.15) is 4.68 Å². The van der Waals surface area contributed by atoms with Crippen molar-refractivity contribution in [3.8, 4) is 5.82 Å². The van der Waals surface area contributed by atoms with E-state index in [1.165, 1.54) is 4.68 Å². The molecule has 2 N–H and O–H groups in total. The Labute approximate surface area is 124 Å². The first-order valence-electron chi connectivity index (χ1n) is 6.85.